The molecule has 0 bridgehead atoms. The minimum absolute atomic E-state index is 0.278. The fraction of sp³-hybridized carbons (Fsp3) is 0.208. The van der Waals surface area contributed by atoms with Crippen molar-refractivity contribution in [3.8, 4) is 5.75 Å². The SMILES string of the molecule is CCc1ccccc1OC(C)C(=O)Nc1ccccc1C(=O)NCc1cccnc1. The summed E-state index contributed by atoms with van der Waals surface area (Å²) in [6.45, 7) is 4.07. The van der Waals surface area contributed by atoms with Crippen molar-refractivity contribution in [1.29, 1.82) is 0 Å². The lowest BCUT2D eigenvalue weighted by Gasteiger charge is -2.18. The predicted molar refractivity (Wildman–Crippen MR) is 116 cm³/mol. The number of pyridine rings is 1. The molecule has 0 saturated carbocycles. The van der Waals surface area contributed by atoms with Crippen LogP contribution in [0, 0.1) is 0 Å². The smallest absolute Gasteiger partial charge is 0.265 e. The van der Waals surface area contributed by atoms with Crippen LogP contribution in [0.2, 0.25) is 0 Å². The molecule has 2 aromatic carbocycles. The van der Waals surface area contributed by atoms with Gasteiger partial charge in [0.25, 0.3) is 11.8 Å². The molecule has 0 aliphatic carbocycles. The fourth-order valence-electron chi connectivity index (χ4n) is 2.96. The van der Waals surface area contributed by atoms with Gasteiger partial charge in [0, 0.05) is 18.9 Å². The summed E-state index contributed by atoms with van der Waals surface area (Å²) in [6.07, 6.45) is 3.47. The molecule has 6 nitrogen and oxygen atoms in total. The lowest BCUT2D eigenvalue weighted by atomic mass is 10.1. The number of benzene rings is 2. The van der Waals surface area contributed by atoms with Crippen LogP contribution in [-0.4, -0.2) is 22.9 Å². The molecule has 0 radical (unpaired) electrons. The van der Waals surface area contributed by atoms with Crippen molar-refractivity contribution in [1.82, 2.24) is 10.3 Å². The van der Waals surface area contributed by atoms with Crippen molar-refractivity contribution >= 4 is 17.5 Å². The molecule has 0 fully saturated rings. The molecule has 1 aromatic heterocycles. The first-order valence-electron chi connectivity index (χ1n) is 9.90. The number of nitrogens with zero attached hydrogens (tertiary/aromatic N) is 1. The summed E-state index contributed by atoms with van der Waals surface area (Å²) in [7, 11) is 0. The topological polar surface area (TPSA) is 80.3 Å². The van der Waals surface area contributed by atoms with E-state index in [-0.39, 0.29) is 11.8 Å². The summed E-state index contributed by atoms with van der Waals surface area (Å²) in [4.78, 5) is 29.4. The van der Waals surface area contributed by atoms with E-state index < -0.39 is 6.10 Å². The average molecular weight is 403 g/mol. The minimum Gasteiger partial charge on any atom is -0.481 e. The van der Waals surface area contributed by atoms with E-state index in [1.165, 1.54) is 0 Å². The van der Waals surface area contributed by atoms with Gasteiger partial charge in [0.2, 0.25) is 0 Å². The number of aryl methyl sites for hydroxylation is 1. The number of aromatic nitrogens is 1. The van der Waals surface area contributed by atoms with Crippen molar-refractivity contribution < 1.29 is 14.3 Å². The molecule has 1 atom stereocenters. The Hall–Kier alpha value is -3.67. The Labute approximate surface area is 176 Å². The number of carbonyl (C=O) groups excluding carboxylic acids is 2. The monoisotopic (exact) mass is 403 g/mol. The molecule has 2 amide bonds. The van der Waals surface area contributed by atoms with Crippen LogP contribution in [-0.2, 0) is 17.8 Å². The molecule has 3 aromatic rings. The summed E-state index contributed by atoms with van der Waals surface area (Å²) >= 11 is 0. The number of rotatable bonds is 8. The highest BCUT2D eigenvalue weighted by atomic mass is 16.5. The van der Waals surface area contributed by atoms with Crippen LogP contribution in [0.3, 0.4) is 0 Å². The van der Waals surface area contributed by atoms with E-state index >= 15 is 0 Å². The van der Waals surface area contributed by atoms with Crippen molar-refractivity contribution in [3.05, 3.63) is 89.7 Å². The van der Waals surface area contributed by atoms with Gasteiger partial charge in [-0.05, 0) is 48.7 Å². The number of hydrogen-bond acceptors (Lipinski definition) is 4. The van der Waals surface area contributed by atoms with Gasteiger partial charge in [-0.2, -0.15) is 0 Å². The van der Waals surface area contributed by atoms with Crippen LogP contribution in [0.15, 0.2) is 73.1 Å². The average Bonchev–Trinajstić information content (AvgIpc) is 2.78. The summed E-state index contributed by atoms with van der Waals surface area (Å²) in [5.74, 6) is 0.0817. The maximum atomic E-state index is 12.7. The lowest BCUT2D eigenvalue weighted by Crippen LogP contribution is -2.32. The Balaban J connectivity index is 1.66. The number of carbonyl (C=O) groups is 2. The van der Waals surface area contributed by atoms with Gasteiger partial charge in [-0.3, -0.25) is 14.6 Å². The summed E-state index contributed by atoms with van der Waals surface area (Å²) in [6, 6.07) is 18.2. The molecule has 30 heavy (non-hydrogen) atoms. The van der Waals surface area contributed by atoms with Crippen molar-refractivity contribution in [2.75, 3.05) is 5.32 Å². The molecule has 2 N–H and O–H groups in total. The molecule has 3 rings (SSSR count). The van der Waals surface area contributed by atoms with E-state index in [2.05, 4.69) is 15.6 Å². The first-order valence-corrected chi connectivity index (χ1v) is 9.90. The van der Waals surface area contributed by atoms with Crippen LogP contribution in [0.1, 0.15) is 35.3 Å². The summed E-state index contributed by atoms with van der Waals surface area (Å²) in [5, 5.41) is 5.66. The Morgan fingerprint density at radius 2 is 1.80 bits per heavy atom. The van der Waals surface area contributed by atoms with Crippen LogP contribution < -0.4 is 15.4 Å². The first kappa shape index (κ1) is 21.0. The highest BCUT2D eigenvalue weighted by molar-refractivity contribution is 6.04. The number of ether oxygens (including phenoxy) is 1. The molecule has 0 aliphatic heterocycles. The minimum atomic E-state index is -0.718. The zero-order valence-electron chi connectivity index (χ0n) is 17.1. The van der Waals surface area contributed by atoms with Gasteiger partial charge in [0.05, 0.1) is 11.3 Å². The highest BCUT2D eigenvalue weighted by Gasteiger charge is 2.19. The third-order valence-corrected chi connectivity index (χ3v) is 4.63. The Bertz CT molecular complexity index is 1010. The van der Waals surface area contributed by atoms with Gasteiger partial charge >= 0.3 is 0 Å². The van der Waals surface area contributed by atoms with Gasteiger partial charge in [0.1, 0.15) is 5.75 Å². The van der Waals surface area contributed by atoms with Gasteiger partial charge in [-0.1, -0.05) is 43.3 Å². The number of hydrogen-bond donors (Lipinski definition) is 2. The maximum Gasteiger partial charge on any atom is 0.265 e. The number of amides is 2. The van der Waals surface area contributed by atoms with E-state index in [0.29, 0.717) is 23.5 Å². The zero-order chi connectivity index (χ0) is 21.3. The molecule has 154 valence electrons. The zero-order valence-corrected chi connectivity index (χ0v) is 17.1. The van der Waals surface area contributed by atoms with E-state index in [9.17, 15) is 9.59 Å². The van der Waals surface area contributed by atoms with Gasteiger partial charge in [-0.15, -0.1) is 0 Å². The maximum absolute atomic E-state index is 12.7. The van der Waals surface area contributed by atoms with Crippen LogP contribution >= 0.6 is 0 Å². The van der Waals surface area contributed by atoms with E-state index in [0.717, 1.165) is 17.5 Å². The second-order valence-corrected chi connectivity index (χ2v) is 6.80. The standard InChI is InChI=1S/C24H25N3O3/c1-3-19-10-4-7-13-22(19)30-17(2)23(28)27-21-12-6-5-11-20(21)24(29)26-16-18-9-8-14-25-15-18/h4-15,17H,3,16H2,1-2H3,(H,26,29)(H,27,28). The first-order chi connectivity index (χ1) is 14.6. The van der Waals surface area contributed by atoms with Crippen molar-refractivity contribution in [2.45, 2.75) is 32.9 Å². The van der Waals surface area contributed by atoms with Gasteiger partial charge in [-0.25, -0.2) is 0 Å². The normalized spacial score (nSPS) is 11.4. The molecule has 0 aliphatic rings. The second kappa shape index (κ2) is 10.2. The van der Waals surface area contributed by atoms with E-state index in [4.69, 9.17) is 4.74 Å². The Morgan fingerprint density at radius 1 is 1.03 bits per heavy atom. The Morgan fingerprint density at radius 3 is 2.57 bits per heavy atom. The molecule has 1 heterocycles. The third-order valence-electron chi connectivity index (χ3n) is 4.63. The van der Waals surface area contributed by atoms with Crippen molar-refractivity contribution in [2.24, 2.45) is 0 Å². The van der Waals surface area contributed by atoms with E-state index in [1.807, 2.05) is 43.3 Å². The van der Waals surface area contributed by atoms with Gasteiger partial charge < -0.3 is 15.4 Å². The summed E-state index contributed by atoms with van der Waals surface area (Å²) in [5.41, 5.74) is 2.75. The number of anilines is 1. The number of nitrogens with one attached hydrogen (secondary N) is 2. The Kier molecular flexibility index (Phi) is 7.16. The summed E-state index contributed by atoms with van der Waals surface area (Å²) < 4.78 is 5.86. The van der Waals surface area contributed by atoms with Crippen LogP contribution in [0.4, 0.5) is 5.69 Å². The third kappa shape index (κ3) is 5.44. The molecule has 1 unspecified atom stereocenters. The highest BCUT2D eigenvalue weighted by Crippen LogP contribution is 2.21. The number of para-hydroxylation sites is 2. The molecule has 6 heteroatoms. The van der Waals surface area contributed by atoms with Gasteiger partial charge in [0.15, 0.2) is 6.10 Å². The fourth-order valence-corrected chi connectivity index (χ4v) is 2.96. The predicted octanol–water partition coefficient (Wildman–Crippen LogP) is 3.98. The molecule has 0 saturated heterocycles. The van der Waals surface area contributed by atoms with Crippen LogP contribution in [0.25, 0.3) is 0 Å². The lowest BCUT2D eigenvalue weighted by molar-refractivity contribution is -0.122. The molecular weight excluding hydrogens is 378 g/mol. The molecular formula is C24H25N3O3. The van der Waals surface area contributed by atoms with E-state index in [1.54, 1.807) is 43.6 Å². The molecule has 0 spiro atoms. The second-order valence-electron chi connectivity index (χ2n) is 6.80. The largest absolute Gasteiger partial charge is 0.481 e. The van der Waals surface area contributed by atoms with Crippen molar-refractivity contribution in [3.63, 3.8) is 0 Å². The quantitative estimate of drug-likeness (QED) is 0.596. The van der Waals surface area contributed by atoms with Crippen LogP contribution in [0.5, 0.6) is 5.75 Å².